The monoisotopic (exact) mass is 574 g/mol. The fourth-order valence-electron chi connectivity index (χ4n) is 5.55. The van der Waals surface area contributed by atoms with Gasteiger partial charge in [-0.1, -0.05) is 38.1 Å². The molecule has 10 heteroatoms. The lowest BCUT2D eigenvalue weighted by Crippen LogP contribution is -2.53. The van der Waals surface area contributed by atoms with Crippen LogP contribution in [-0.2, 0) is 4.79 Å². The maximum absolute atomic E-state index is 15.1. The highest BCUT2D eigenvalue weighted by Crippen LogP contribution is 2.38. The zero-order chi connectivity index (χ0) is 29.6. The van der Waals surface area contributed by atoms with Crippen molar-refractivity contribution in [1.29, 1.82) is 0 Å². The van der Waals surface area contributed by atoms with Gasteiger partial charge in [-0.15, -0.1) is 0 Å². The summed E-state index contributed by atoms with van der Waals surface area (Å²) in [6.45, 7) is 12.9. The number of pyridine rings is 3. The van der Waals surface area contributed by atoms with E-state index in [0.29, 0.717) is 42.0 Å². The third-order valence-electron chi connectivity index (χ3n) is 7.55. The number of nitrogen functional groups attached to an aromatic ring is 1. The number of aromatic nitrogens is 3. The number of hydrogen-bond donors (Lipinski definition) is 1. The topological polar surface area (TPSA) is 97.4 Å². The molecule has 1 fully saturated rings. The standard InChI is InChI=1S/C31H32ClFN6O2/c1-6-25(40)37-12-13-38(19(5)16-37)24-15-26(41)39(30-18(4)10-11-35-28(30)17(2)3)31-20(24)14-21(32)29(36-31)27-22(33)8-7-9-23(27)34/h6-11,14-15,17,19H,1,12-13,16,34H2,2-5H3/t19-/m0/s1. The van der Waals surface area contributed by atoms with Crippen LogP contribution in [0.1, 0.15) is 37.9 Å². The van der Waals surface area contributed by atoms with Gasteiger partial charge in [0.1, 0.15) is 11.5 Å². The summed E-state index contributed by atoms with van der Waals surface area (Å²) in [6.07, 6.45) is 3.03. The van der Waals surface area contributed by atoms with Crippen molar-refractivity contribution in [2.24, 2.45) is 0 Å². The summed E-state index contributed by atoms with van der Waals surface area (Å²) in [5.41, 5.74) is 9.40. The van der Waals surface area contributed by atoms with Crippen molar-refractivity contribution in [2.45, 2.75) is 39.7 Å². The summed E-state index contributed by atoms with van der Waals surface area (Å²) in [5.74, 6) is -0.696. The van der Waals surface area contributed by atoms with E-state index in [-0.39, 0.29) is 45.4 Å². The van der Waals surface area contributed by atoms with Crippen LogP contribution in [0.5, 0.6) is 0 Å². The van der Waals surface area contributed by atoms with Gasteiger partial charge in [-0.2, -0.15) is 0 Å². The van der Waals surface area contributed by atoms with Crippen LogP contribution in [0, 0.1) is 12.7 Å². The molecule has 1 atom stereocenters. The van der Waals surface area contributed by atoms with Crippen molar-refractivity contribution < 1.29 is 9.18 Å². The maximum atomic E-state index is 15.1. The number of benzene rings is 1. The van der Waals surface area contributed by atoms with E-state index in [1.807, 2.05) is 33.8 Å². The van der Waals surface area contributed by atoms with E-state index in [9.17, 15) is 9.59 Å². The van der Waals surface area contributed by atoms with E-state index < -0.39 is 5.82 Å². The van der Waals surface area contributed by atoms with Crippen LogP contribution >= 0.6 is 11.6 Å². The molecule has 3 aromatic heterocycles. The minimum Gasteiger partial charge on any atom is -0.398 e. The van der Waals surface area contributed by atoms with E-state index in [0.717, 1.165) is 11.3 Å². The highest BCUT2D eigenvalue weighted by molar-refractivity contribution is 6.34. The molecular weight excluding hydrogens is 543 g/mol. The predicted octanol–water partition coefficient (Wildman–Crippen LogP) is 5.48. The van der Waals surface area contributed by atoms with E-state index in [1.165, 1.54) is 22.8 Å². The van der Waals surface area contributed by atoms with Gasteiger partial charge in [-0.05, 0) is 55.7 Å². The number of carbonyl (C=O) groups excluding carboxylic acids is 1. The summed E-state index contributed by atoms with van der Waals surface area (Å²) in [7, 11) is 0. The Bertz CT molecular complexity index is 1730. The molecule has 4 heterocycles. The van der Waals surface area contributed by atoms with Gasteiger partial charge in [-0.3, -0.25) is 19.1 Å². The van der Waals surface area contributed by atoms with Crippen LogP contribution in [0.15, 0.2) is 60.0 Å². The largest absolute Gasteiger partial charge is 0.398 e. The van der Waals surface area contributed by atoms with Crippen molar-refractivity contribution in [3.63, 3.8) is 0 Å². The molecule has 1 amide bonds. The molecule has 41 heavy (non-hydrogen) atoms. The molecule has 1 saturated heterocycles. The molecule has 2 N–H and O–H groups in total. The summed E-state index contributed by atoms with van der Waals surface area (Å²) in [4.78, 5) is 39.6. The SMILES string of the molecule is C=CC(=O)N1CCN(c2cc(=O)n(-c3c(C)ccnc3C(C)C)c3nc(-c4c(N)cccc4F)c(Cl)cc23)[C@@H](C)C1. The Morgan fingerprint density at radius 1 is 1.24 bits per heavy atom. The van der Waals surface area contributed by atoms with Crippen LogP contribution in [0.25, 0.3) is 28.0 Å². The highest BCUT2D eigenvalue weighted by Gasteiger charge is 2.29. The predicted molar refractivity (Wildman–Crippen MR) is 162 cm³/mol. The number of hydrogen-bond acceptors (Lipinski definition) is 6. The van der Waals surface area contributed by atoms with Gasteiger partial charge in [-0.25, -0.2) is 9.37 Å². The van der Waals surface area contributed by atoms with Crippen LogP contribution in [0.2, 0.25) is 5.02 Å². The Labute approximate surface area is 242 Å². The number of amides is 1. The number of carbonyl (C=O) groups is 1. The Morgan fingerprint density at radius 2 is 2.00 bits per heavy atom. The fraction of sp³-hybridized carbons (Fsp3) is 0.290. The molecule has 0 saturated carbocycles. The normalized spacial score (nSPS) is 15.5. The zero-order valence-electron chi connectivity index (χ0n) is 23.5. The van der Waals surface area contributed by atoms with Gasteiger partial charge >= 0.3 is 0 Å². The minimum atomic E-state index is -0.569. The number of nitrogens with zero attached hydrogens (tertiary/aromatic N) is 5. The van der Waals surface area contributed by atoms with Crippen LogP contribution in [0.4, 0.5) is 15.8 Å². The van der Waals surface area contributed by atoms with Gasteiger partial charge in [0.15, 0.2) is 0 Å². The molecule has 5 rings (SSSR count). The van der Waals surface area contributed by atoms with Gasteiger partial charge in [0.25, 0.3) is 5.56 Å². The molecule has 0 unspecified atom stereocenters. The molecule has 4 aromatic rings. The second-order valence-corrected chi connectivity index (χ2v) is 11.1. The van der Waals surface area contributed by atoms with Gasteiger partial charge in [0.2, 0.25) is 5.91 Å². The number of fused-ring (bicyclic) bond motifs is 1. The Kier molecular flexibility index (Phi) is 7.57. The lowest BCUT2D eigenvalue weighted by Gasteiger charge is -2.41. The van der Waals surface area contributed by atoms with Crippen molar-refractivity contribution in [3.05, 3.63) is 87.7 Å². The Balaban J connectivity index is 1.83. The van der Waals surface area contributed by atoms with E-state index in [1.54, 1.807) is 29.3 Å². The second-order valence-electron chi connectivity index (χ2n) is 10.6. The smallest absolute Gasteiger partial charge is 0.258 e. The Hall–Kier alpha value is -4.24. The third kappa shape index (κ3) is 4.95. The molecule has 1 aliphatic heterocycles. The van der Waals surface area contributed by atoms with Crippen molar-refractivity contribution >= 4 is 39.9 Å². The molecule has 8 nitrogen and oxygen atoms in total. The quantitative estimate of drug-likeness (QED) is 0.250. The van der Waals surface area contributed by atoms with Crippen molar-refractivity contribution in [1.82, 2.24) is 19.4 Å². The average Bonchev–Trinajstić information content (AvgIpc) is 2.93. The molecule has 0 bridgehead atoms. The third-order valence-corrected chi connectivity index (χ3v) is 7.84. The number of anilines is 2. The number of halogens is 2. The van der Waals surface area contributed by atoms with Gasteiger partial charge in [0, 0.05) is 49.0 Å². The van der Waals surface area contributed by atoms with Gasteiger partial charge < -0.3 is 15.5 Å². The van der Waals surface area contributed by atoms with E-state index >= 15 is 4.39 Å². The number of aryl methyl sites for hydroxylation is 1. The molecule has 0 aliphatic carbocycles. The first-order chi connectivity index (χ1) is 19.5. The zero-order valence-corrected chi connectivity index (χ0v) is 24.2. The van der Waals surface area contributed by atoms with Crippen molar-refractivity contribution in [3.8, 4) is 16.9 Å². The maximum Gasteiger partial charge on any atom is 0.258 e. The number of nitrogens with two attached hydrogens (primary N) is 1. The molecule has 1 aromatic carbocycles. The first-order valence-corrected chi connectivity index (χ1v) is 13.9. The first-order valence-electron chi connectivity index (χ1n) is 13.5. The minimum absolute atomic E-state index is 0.0102. The Morgan fingerprint density at radius 3 is 2.66 bits per heavy atom. The second kappa shape index (κ2) is 11.0. The lowest BCUT2D eigenvalue weighted by molar-refractivity contribution is -0.126. The lowest BCUT2D eigenvalue weighted by atomic mass is 10.0. The summed E-state index contributed by atoms with van der Waals surface area (Å²) < 4.78 is 16.6. The molecule has 1 aliphatic rings. The highest BCUT2D eigenvalue weighted by atomic mass is 35.5. The number of rotatable bonds is 5. The van der Waals surface area contributed by atoms with Crippen LogP contribution < -0.4 is 16.2 Å². The number of piperazine rings is 1. The molecule has 212 valence electrons. The van der Waals surface area contributed by atoms with E-state index in [2.05, 4.69) is 16.5 Å². The van der Waals surface area contributed by atoms with E-state index in [4.69, 9.17) is 22.3 Å². The summed E-state index contributed by atoms with van der Waals surface area (Å²) >= 11 is 6.80. The summed E-state index contributed by atoms with van der Waals surface area (Å²) in [5, 5.41) is 0.808. The van der Waals surface area contributed by atoms with Crippen molar-refractivity contribution in [2.75, 3.05) is 30.3 Å². The molecule has 0 radical (unpaired) electrons. The molecule has 0 spiro atoms. The van der Waals surface area contributed by atoms with Gasteiger partial charge in [0.05, 0.1) is 33.3 Å². The van der Waals surface area contributed by atoms with Crippen LogP contribution in [-0.4, -0.2) is 51.0 Å². The average molecular weight is 575 g/mol. The molecular formula is C31H32ClFN6O2. The van der Waals surface area contributed by atoms with Crippen LogP contribution in [0.3, 0.4) is 0 Å². The first kappa shape index (κ1) is 28.3. The summed E-state index contributed by atoms with van der Waals surface area (Å²) in [6, 6.07) is 9.42. The fourth-order valence-corrected chi connectivity index (χ4v) is 5.80.